The van der Waals surface area contributed by atoms with Crippen molar-refractivity contribution in [3.05, 3.63) is 32.3 Å². The third kappa shape index (κ3) is 3.41. The third-order valence-corrected chi connectivity index (χ3v) is 6.89. The molecule has 0 aliphatic heterocycles. The summed E-state index contributed by atoms with van der Waals surface area (Å²) in [5, 5.41) is 7.67. The minimum Gasteiger partial charge on any atom is -0.302 e. The van der Waals surface area contributed by atoms with Gasteiger partial charge in [-0.25, -0.2) is 14.5 Å². The van der Waals surface area contributed by atoms with Gasteiger partial charge in [0.25, 0.3) is 5.56 Å². The molecule has 1 fully saturated rings. The summed E-state index contributed by atoms with van der Waals surface area (Å²) in [5.41, 5.74) is 2.36. The molecule has 0 amide bonds. The Hall–Kier alpha value is -2.02. The molecule has 6 nitrogen and oxygen atoms in total. The Kier molecular flexibility index (Phi) is 4.89. The molecule has 0 saturated heterocycles. The number of H-pyrrole nitrogens is 1. The first-order valence-electron chi connectivity index (χ1n) is 10.2. The molecule has 150 valence electrons. The molecule has 0 spiro atoms. The summed E-state index contributed by atoms with van der Waals surface area (Å²) in [6.07, 6.45) is 5.33. The van der Waals surface area contributed by atoms with Gasteiger partial charge in [0, 0.05) is 11.3 Å². The summed E-state index contributed by atoms with van der Waals surface area (Å²) >= 11 is 1.56. The Morgan fingerprint density at radius 1 is 1.21 bits per heavy atom. The molecule has 3 heterocycles. The summed E-state index contributed by atoms with van der Waals surface area (Å²) in [4.78, 5) is 25.1. The maximum Gasteiger partial charge on any atom is 0.277 e. The van der Waals surface area contributed by atoms with Gasteiger partial charge in [-0.2, -0.15) is 0 Å². The van der Waals surface area contributed by atoms with Crippen molar-refractivity contribution >= 4 is 16.9 Å². The summed E-state index contributed by atoms with van der Waals surface area (Å²) < 4.78 is 1.81. The van der Waals surface area contributed by atoms with E-state index in [0.717, 1.165) is 47.4 Å². The zero-order valence-electron chi connectivity index (χ0n) is 17.4. The van der Waals surface area contributed by atoms with Crippen molar-refractivity contribution < 1.29 is 0 Å². The van der Waals surface area contributed by atoms with Crippen LogP contribution in [0, 0.1) is 18.3 Å². The summed E-state index contributed by atoms with van der Waals surface area (Å²) in [5.74, 6) is 2.56. The van der Waals surface area contributed by atoms with Crippen molar-refractivity contribution in [1.29, 1.82) is 0 Å². The van der Waals surface area contributed by atoms with Crippen LogP contribution in [0.4, 0.5) is 0 Å². The molecule has 1 aliphatic rings. The standard InChI is InChI=1S/C21H29N5OS/c1-6-15-17-20(27)24-18(16-11-28-12(2)22-16)25-26(17)19(23-15)13-7-9-14(10-8-13)21(3,4)5/h11,13-14H,6-10H2,1-5H3,(H,24,25,27). The Morgan fingerprint density at radius 3 is 2.50 bits per heavy atom. The number of rotatable bonds is 3. The number of hydrogen-bond acceptors (Lipinski definition) is 5. The van der Waals surface area contributed by atoms with Crippen LogP contribution in [-0.4, -0.2) is 24.6 Å². The predicted molar refractivity (Wildman–Crippen MR) is 113 cm³/mol. The number of hydrogen-bond donors (Lipinski definition) is 1. The zero-order valence-corrected chi connectivity index (χ0v) is 18.2. The molecule has 0 radical (unpaired) electrons. The quantitative estimate of drug-likeness (QED) is 0.691. The van der Waals surface area contributed by atoms with E-state index in [0.29, 0.717) is 22.7 Å². The van der Waals surface area contributed by atoms with Crippen LogP contribution in [0.25, 0.3) is 17.0 Å². The molecule has 1 saturated carbocycles. The maximum atomic E-state index is 12.9. The molecule has 3 aromatic heterocycles. The molecular weight excluding hydrogens is 370 g/mol. The molecule has 7 heteroatoms. The van der Waals surface area contributed by atoms with Crippen molar-refractivity contribution in [1.82, 2.24) is 24.6 Å². The van der Waals surface area contributed by atoms with E-state index in [2.05, 4.69) is 30.7 Å². The highest BCUT2D eigenvalue weighted by molar-refractivity contribution is 7.09. The van der Waals surface area contributed by atoms with Crippen LogP contribution in [0.15, 0.2) is 10.2 Å². The molecule has 3 aromatic rings. The molecule has 1 N–H and O–H groups in total. The van der Waals surface area contributed by atoms with Gasteiger partial charge in [0.2, 0.25) is 0 Å². The lowest BCUT2D eigenvalue weighted by Crippen LogP contribution is -2.26. The van der Waals surface area contributed by atoms with Gasteiger partial charge in [-0.1, -0.05) is 27.7 Å². The van der Waals surface area contributed by atoms with E-state index in [9.17, 15) is 4.79 Å². The van der Waals surface area contributed by atoms with Gasteiger partial charge in [-0.15, -0.1) is 16.4 Å². The molecule has 1 aliphatic carbocycles. The lowest BCUT2D eigenvalue weighted by atomic mass is 9.70. The van der Waals surface area contributed by atoms with Crippen LogP contribution in [0.3, 0.4) is 0 Å². The topological polar surface area (TPSA) is 75.9 Å². The summed E-state index contributed by atoms with van der Waals surface area (Å²) in [7, 11) is 0. The number of nitrogens with one attached hydrogen (secondary N) is 1. The van der Waals surface area contributed by atoms with Crippen LogP contribution < -0.4 is 5.56 Å². The monoisotopic (exact) mass is 399 g/mol. The van der Waals surface area contributed by atoms with E-state index in [1.807, 2.05) is 23.7 Å². The van der Waals surface area contributed by atoms with Crippen LogP contribution in [-0.2, 0) is 6.42 Å². The van der Waals surface area contributed by atoms with E-state index in [-0.39, 0.29) is 5.56 Å². The Balaban J connectivity index is 1.76. The van der Waals surface area contributed by atoms with Gasteiger partial charge in [-0.05, 0) is 50.4 Å². The Labute approximate surface area is 169 Å². The number of fused-ring (bicyclic) bond motifs is 1. The normalized spacial score (nSPS) is 20.8. The molecule has 0 unspecified atom stereocenters. The van der Waals surface area contributed by atoms with E-state index in [1.165, 1.54) is 12.8 Å². The van der Waals surface area contributed by atoms with Gasteiger partial charge in [0.05, 0.1) is 10.7 Å². The van der Waals surface area contributed by atoms with Crippen LogP contribution in [0.2, 0.25) is 0 Å². The van der Waals surface area contributed by atoms with Crippen molar-refractivity contribution in [2.75, 3.05) is 0 Å². The number of aromatic nitrogens is 5. The zero-order chi connectivity index (χ0) is 20.1. The van der Waals surface area contributed by atoms with Crippen molar-refractivity contribution in [2.45, 2.75) is 72.6 Å². The molecule has 0 atom stereocenters. The maximum absolute atomic E-state index is 12.9. The van der Waals surface area contributed by atoms with Gasteiger partial charge < -0.3 is 4.98 Å². The highest BCUT2D eigenvalue weighted by Gasteiger charge is 2.32. The average Bonchev–Trinajstić information content (AvgIpc) is 3.25. The molecule has 4 rings (SSSR count). The first-order valence-corrected chi connectivity index (χ1v) is 11.1. The summed E-state index contributed by atoms with van der Waals surface area (Å²) in [6.45, 7) is 11.0. The second-order valence-corrected chi connectivity index (χ2v) is 10.1. The Morgan fingerprint density at radius 2 is 1.93 bits per heavy atom. The minimum absolute atomic E-state index is 0.130. The second-order valence-electron chi connectivity index (χ2n) is 9.00. The third-order valence-electron chi connectivity index (χ3n) is 6.11. The van der Waals surface area contributed by atoms with Gasteiger partial charge in [0.15, 0.2) is 11.3 Å². The van der Waals surface area contributed by atoms with Gasteiger partial charge in [0.1, 0.15) is 11.5 Å². The Bertz CT molecular complexity index is 1050. The van der Waals surface area contributed by atoms with Gasteiger partial charge in [-0.3, -0.25) is 4.79 Å². The number of nitrogens with zero attached hydrogens (tertiary/aromatic N) is 4. The van der Waals surface area contributed by atoms with Crippen LogP contribution >= 0.6 is 11.3 Å². The first kappa shape index (κ1) is 19.3. The van der Waals surface area contributed by atoms with Crippen molar-refractivity contribution in [2.24, 2.45) is 11.3 Å². The smallest absolute Gasteiger partial charge is 0.277 e. The van der Waals surface area contributed by atoms with Crippen LogP contribution in [0.5, 0.6) is 0 Å². The fourth-order valence-electron chi connectivity index (χ4n) is 4.41. The number of aromatic amines is 1. The largest absolute Gasteiger partial charge is 0.302 e. The predicted octanol–water partition coefficient (Wildman–Crippen LogP) is 4.73. The number of thiazole rings is 1. The fourth-order valence-corrected chi connectivity index (χ4v) is 5.01. The number of imidazole rings is 1. The lowest BCUT2D eigenvalue weighted by Gasteiger charge is -2.36. The van der Waals surface area contributed by atoms with Crippen molar-refractivity contribution in [3.8, 4) is 11.5 Å². The SMILES string of the molecule is CCc1nc(C2CCC(C(C)(C)C)CC2)n2nc(-c3csc(C)n3)[nH]c(=O)c12. The van der Waals surface area contributed by atoms with E-state index < -0.39 is 0 Å². The molecule has 0 aromatic carbocycles. The average molecular weight is 400 g/mol. The van der Waals surface area contributed by atoms with E-state index in [4.69, 9.17) is 10.1 Å². The fraction of sp³-hybridized carbons (Fsp3) is 0.619. The highest BCUT2D eigenvalue weighted by atomic mass is 32.1. The molecule has 28 heavy (non-hydrogen) atoms. The highest BCUT2D eigenvalue weighted by Crippen LogP contribution is 2.43. The van der Waals surface area contributed by atoms with E-state index in [1.54, 1.807) is 11.3 Å². The summed E-state index contributed by atoms with van der Waals surface area (Å²) in [6, 6.07) is 0. The van der Waals surface area contributed by atoms with Gasteiger partial charge >= 0.3 is 0 Å². The van der Waals surface area contributed by atoms with E-state index >= 15 is 0 Å². The number of aryl methyl sites for hydroxylation is 2. The lowest BCUT2D eigenvalue weighted by molar-refractivity contribution is 0.167. The minimum atomic E-state index is -0.130. The molecule has 0 bridgehead atoms. The van der Waals surface area contributed by atoms with Crippen LogP contribution in [0.1, 0.15) is 75.8 Å². The first-order chi connectivity index (χ1) is 13.3. The van der Waals surface area contributed by atoms with Crippen molar-refractivity contribution in [3.63, 3.8) is 0 Å². The molecular formula is C21H29N5OS. The second kappa shape index (κ2) is 7.10.